The van der Waals surface area contributed by atoms with Gasteiger partial charge in [-0.05, 0) is 53.5 Å². The molecule has 2 rings (SSSR count). The predicted molar refractivity (Wildman–Crippen MR) is 91.7 cm³/mol. The van der Waals surface area contributed by atoms with E-state index in [-0.39, 0.29) is 11.5 Å². The van der Waals surface area contributed by atoms with Crippen molar-refractivity contribution >= 4 is 0 Å². The Morgan fingerprint density at radius 1 is 0.952 bits per heavy atom. The van der Waals surface area contributed by atoms with Crippen molar-refractivity contribution in [3.8, 4) is 0 Å². The quantitative estimate of drug-likeness (QED) is 0.835. The number of nitrogens with two attached hydrogens (primary N) is 1. The van der Waals surface area contributed by atoms with E-state index in [1.54, 1.807) is 0 Å². The van der Waals surface area contributed by atoms with Crippen LogP contribution in [0.5, 0.6) is 0 Å². The van der Waals surface area contributed by atoms with Crippen LogP contribution in [0.1, 0.15) is 61.1 Å². The molecule has 0 heterocycles. The average molecular weight is 281 g/mol. The molecule has 0 radical (unpaired) electrons. The molecule has 0 fully saturated rings. The molecule has 0 bridgehead atoms. The highest BCUT2D eigenvalue weighted by molar-refractivity contribution is 5.42. The van der Waals surface area contributed by atoms with E-state index in [2.05, 4.69) is 77.1 Å². The van der Waals surface area contributed by atoms with Crippen LogP contribution < -0.4 is 5.73 Å². The Morgan fingerprint density at radius 3 is 1.95 bits per heavy atom. The Morgan fingerprint density at radius 2 is 1.48 bits per heavy atom. The standard InChI is InChI=1S/C20H27N/c1-6-20(4,5)17-12-10-16(11-13-17)19(21)18-14(2)8-7-9-15(18)3/h7-13,19H,6,21H2,1-5H3. The lowest BCUT2D eigenvalue weighted by Crippen LogP contribution is -2.17. The zero-order valence-electron chi connectivity index (χ0n) is 13.9. The Kier molecular flexibility index (Phi) is 4.53. The van der Waals surface area contributed by atoms with Crippen molar-refractivity contribution in [3.05, 3.63) is 70.3 Å². The Balaban J connectivity index is 2.35. The summed E-state index contributed by atoms with van der Waals surface area (Å²) in [7, 11) is 0. The molecule has 0 aliphatic heterocycles. The van der Waals surface area contributed by atoms with Crippen molar-refractivity contribution in [1.82, 2.24) is 0 Å². The normalized spacial score (nSPS) is 13.2. The minimum absolute atomic E-state index is 0.0509. The minimum atomic E-state index is -0.0509. The van der Waals surface area contributed by atoms with Crippen molar-refractivity contribution in [2.75, 3.05) is 0 Å². The van der Waals surface area contributed by atoms with Gasteiger partial charge in [0, 0.05) is 0 Å². The molecule has 0 aromatic heterocycles. The molecule has 21 heavy (non-hydrogen) atoms. The Labute approximate surface area is 129 Å². The predicted octanol–water partition coefficient (Wildman–Crippen LogP) is 5.04. The fourth-order valence-electron chi connectivity index (χ4n) is 2.83. The number of aryl methyl sites for hydroxylation is 2. The van der Waals surface area contributed by atoms with Gasteiger partial charge in [-0.3, -0.25) is 0 Å². The number of benzene rings is 2. The average Bonchev–Trinajstić information content (AvgIpc) is 2.47. The second-order valence-electron chi connectivity index (χ2n) is 6.64. The van der Waals surface area contributed by atoms with Gasteiger partial charge in [-0.1, -0.05) is 63.2 Å². The maximum Gasteiger partial charge on any atom is 0.0556 e. The number of rotatable bonds is 4. The number of hydrogen-bond acceptors (Lipinski definition) is 1. The first-order chi connectivity index (χ1) is 9.86. The van der Waals surface area contributed by atoms with Gasteiger partial charge < -0.3 is 5.73 Å². The molecular weight excluding hydrogens is 254 g/mol. The van der Waals surface area contributed by atoms with Crippen LogP contribution in [0.4, 0.5) is 0 Å². The van der Waals surface area contributed by atoms with Crippen LogP contribution in [-0.2, 0) is 5.41 Å². The van der Waals surface area contributed by atoms with Gasteiger partial charge in [-0.15, -0.1) is 0 Å². The molecule has 1 atom stereocenters. The third-order valence-corrected chi connectivity index (χ3v) is 4.79. The van der Waals surface area contributed by atoms with Gasteiger partial charge >= 0.3 is 0 Å². The molecule has 0 saturated heterocycles. The van der Waals surface area contributed by atoms with E-state index < -0.39 is 0 Å². The summed E-state index contributed by atoms with van der Waals surface area (Å²) in [4.78, 5) is 0. The SMILES string of the molecule is CCC(C)(C)c1ccc(C(N)c2c(C)cccc2C)cc1. The summed E-state index contributed by atoms with van der Waals surface area (Å²) in [5, 5.41) is 0. The molecular formula is C20H27N. The largest absolute Gasteiger partial charge is 0.320 e. The molecule has 2 aromatic rings. The van der Waals surface area contributed by atoms with E-state index in [1.807, 2.05) is 0 Å². The monoisotopic (exact) mass is 281 g/mol. The van der Waals surface area contributed by atoms with Crippen LogP contribution >= 0.6 is 0 Å². The van der Waals surface area contributed by atoms with E-state index in [0.717, 1.165) is 6.42 Å². The maximum atomic E-state index is 6.51. The molecule has 0 aliphatic carbocycles. The smallest absolute Gasteiger partial charge is 0.0556 e. The van der Waals surface area contributed by atoms with E-state index in [4.69, 9.17) is 5.73 Å². The molecule has 0 aliphatic rings. The first-order valence-electron chi connectivity index (χ1n) is 7.79. The first-order valence-corrected chi connectivity index (χ1v) is 7.79. The van der Waals surface area contributed by atoms with Crippen molar-refractivity contribution in [3.63, 3.8) is 0 Å². The van der Waals surface area contributed by atoms with Crippen molar-refractivity contribution in [2.24, 2.45) is 5.73 Å². The molecule has 1 heteroatoms. The van der Waals surface area contributed by atoms with Crippen molar-refractivity contribution < 1.29 is 0 Å². The van der Waals surface area contributed by atoms with Crippen molar-refractivity contribution in [1.29, 1.82) is 0 Å². The summed E-state index contributed by atoms with van der Waals surface area (Å²) >= 11 is 0. The summed E-state index contributed by atoms with van der Waals surface area (Å²) in [5.41, 5.74) is 13.1. The van der Waals surface area contributed by atoms with Crippen LogP contribution in [0.3, 0.4) is 0 Å². The minimum Gasteiger partial charge on any atom is -0.320 e. The third-order valence-electron chi connectivity index (χ3n) is 4.79. The summed E-state index contributed by atoms with van der Waals surface area (Å²) in [6.07, 6.45) is 1.13. The lowest BCUT2D eigenvalue weighted by Gasteiger charge is -2.24. The lowest BCUT2D eigenvalue weighted by atomic mass is 9.81. The molecule has 0 saturated carbocycles. The van der Waals surface area contributed by atoms with Gasteiger partial charge in [0.15, 0.2) is 0 Å². The van der Waals surface area contributed by atoms with Crippen LogP contribution in [-0.4, -0.2) is 0 Å². The zero-order valence-corrected chi connectivity index (χ0v) is 13.9. The van der Waals surface area contributed by atoms with E-state index in [1.165, 1.54) is 27.8 Å². The first kappa shape index (κ1) is 15.8. The lowest BCUT2D eigenvalue weighted by molar-refractivity contribution is 0.506. The van der Waals surface area contributed by atoms with Gasteiger partial charge in [0.25, 0.3) is 0 Å². The van der Waals surface area contributed by atoms with Crippen LogP contribution in [0.15, 0.2) is 42.5 Å². The summed E-state index contributed by atoms with van der Waals surface area (Å²) < 4.78 is 0. The van der Waals surface area contributed by atoms with E-state index in [0.29, 0.717) is 0 Å². The van der Waals surface area contributed by atoms with Crippen molar-refractivity contribution in [2.45, 2.75) is 52.5 Å². The molecule has 0 spiro atoms. The molecule has 0 amide bonds. The Bertz CT molecular complexity index is 588. The molecule has 2 aromatic carbocycles. The highest BCUT2D eigenvalue weighted by atomic mass is 14.6. The van der Waals surface area contributed by atoms with Crippen LogP contribution in [0, 0.1) is 13.8 Å². The van der Waals surface area contributed by atoms with E-state index >= 15 is 0 Å². The van der Waals surface area contributed by atoms with Gasteiger partial charge in [0.1, 0.15) is 0 Å². The highest BCUT2D eigenvalue weighted by Gasteiger charge is 2.19. The summed E-state index contributed by atoms with van der Waals surface area (Å²) in [6, 6.07) is 15.1. The Hall–Kier alpha value is -1.60. The van der Waals surface area contributed by atoms with Gasteiger partial charge in [0.2, 0.25) is 0 Å². The topological polar surface area (TPSA) is 26.0 Å². The van der Waals surface area contributed by atoms with Gasteiger partial charge in [-0.2, -0.15) is 0 Å². The molecule has 112 valence electrons. The highest BCUT2D eigenvalue weighted by Crippen LogP contribution is 2.30. The van der Waals surface area contributed by atoms with Gasteiger partial charge in [-0.25, -0.2) is 0 Å². The van der Waals surface area contributed by atoms with Gasteiger partial charge in [0.05, 0.1) is 6.04 Å². The number of hydrogen-bond donors (Lipinski definition) is 1. The summed E-state index contributed by atoms with van der Waals surface area (Å²) in [5.74, 6) is 0. The van der Waals surface area contributed by atoms with Crippen LogP contribution in [0.2, 0.25) is 0 Å². The second-order valence-corrected chi connectivity index (χ2v) is 6.64. The fourth-order valence-corrected chi connectivity index (χ4v) is 2.83. The third kappa shape index (κ3) is 3.19. The maximum absolute atomic E-state index is 6.51. The van der Waals surface area contributed by atoms with Crippen LogP contribution in [0.25, 0.3) is 0 Å². The zero-order chi connectivity index (χ0) is 15.6. The molecule has 2 N–H and O–H groups in total. The molecule has 1 nitrogen and oxygen atoms in total. The van der Waals surface area contributed by atoms with E-state index in [9.17, 15) is 0 Å². The summed E-state index contributed by atoms with van der Waals surface area (Å²) in [6.45, 7) is 11.1. The second kappa shape index (κ2) is 6.03. The fraction of sp³-hybridized carbons (Fsp3) is 0.400. The molecule has 1 unspecified atom stereocenters.